The first-order valence-electron chi connectivity index (χ1n) is 11.4. The molecule has 1 N–H and O–H groups in total. The molecule has 4 rings (SSSR count). The van der Waals surface area contributed by atoms with Gasteiger partial charge in [-0.2, -0.15) is 0 Å². The number of aromatic amines is 1. The summed E-state index contributed by atoms with van der Waals surface area (Å²) in [5.74, 6) is 0.520. The van der Waals surface area contributed by atoms with Gasteiger partial charge in [-0.1, -0.05) is 59.6 Å². The zero-order chi connectivity index (χ0) is 26.4. The number of H-pyrrole nitrogens is 1. The smallest absolute Gasteiger partial charge is 0.338 e. The second-order valence-electron chi connectivity index (χ2n) is 8.17. The van der Waals surface area contributed by atoms with Gasteiger partial charge >= 0.3 is 5.97 Å². The van der Waals surface area contributed by atoms with E-state index in [1.165, 1.54) is 7.11 Å². The van der Waals surface area contributed by atoms with Gasteiger partial charge in [0.1, 0.15) is 22.4 Å². The zero-order valence-corrected chi connectivity index (χ0v) is 21.7. The first kappa shape index (κ1) is 26.2. The standard InChI is InChI=1S/C29H23Cl2NO5/c1-35-26-10-9-21(13-28(26)36-2)27(14-23-24(30)15-32-16-25(23)31)37-29(34)22-8-4-7-20(12-22)19-6-3-5-18(11-19)17-33/h3-13,15-17,27H,14H2,1-2H3/p+1/t27-/m0/s1. The Balaban J connectivity index is 1.69. The minimum atomic E-state index is -0.730. The number of benzene rings is 3. The molecule has 1 atom stereocenters. The maximum Gasteiger partial charge on any atom is 0.338 e. The number of carbonyl (C=O) groups is 2. The maximum absolute atomic E-state index is 13.4. The summed E-state index contributed by atoms with van der Waals surface area (Å²) in [6.07, 6.45) is 3.52. The van der Waals surface area contributed by atoms with Crippen LogP contribution < -0.4 is 14.5 Å². The monoisotopic (exact) mass is 536 g/mol. The lowest BCUT2D eigenvalue weighted by Gasteiger charge is -2.21. The van der Waals surface area contributed by atoms with Crippen molar-refractivity contribution >= 4 is 35.5 Å². The Kier molecular flexibility index (Phi) is 8.43. The molecule has 0 aliphatic rings. The highest BCUT2D eigenvalue weighted by molar-refractivity contribution is 6.35. The summed E-state index contributed by atoms with van der Waals surface area (Å²) in [7, 11) is 3.08. The van der Waals surface area contributed by atoms with Crippen LogP contribution in [0.15, 0.2) is 79.1 Å². The molecular formula is C29H24Cl2NO5+. The number of hydrogen-bond acceptors (Lipinski definition) is 5. The van der Waals surface area contributed by atoms with Crippen LogP contribution in [-0.2, 0) is 11.2 Å². The third-order valence-electron chi connectivity index (χ3n) is 5.87. The van der Waals surface area contributed by atoms with Crippen LogP contribution in [0.5, 0.6) is 11.5 Å². The van der Waals surface area contributed by atoms with Gasteiger partial charge < -0.3 is 14.2 Å². The molecule has 0 unspecified atom stereocenters. The predicted molar refractivity (Wildman–Crippen MR) is 142 cm³/mol. The summed E-state index contributed by atoms with van der Waals surface area (Å²) in [6, 6.07) is 19.5. The van der Waals surface area contributed by atoms with Crippen LogP contribution in [0, 0.1) is 0 Å². The van der Waals surface area contributed by atoms with E-state index in [2.05, 4.69) is 4.98 Å². The van der Waals surface area contributed by atoms with Gasteiger partial charge in [-0.05, 0) is 47.0 Å². The van der Waals surface area contributed by atoms with E-state index in [0.29, 0.717) is 43.8 Å². The Morgan fingerprint density at radius 2 is 1.57 bits per heavy atom. The molecule has 0 saturated carbocycles. The minimum Gasteiger partial charge on any atom is -0.493 e. The molecule has 0 amide bonds. The van der Waals surface area contributed by atoms with Gasteiger partial charge in [0.15, 0.2) is 23.9 Å². The van der Waals surface area contributed by atoms with E-state index in [1.54, 1.807) is 74.1 Å². The molecule has 0 radical (unpaired) electrons. The van der Waals surface area contributed by atoms with Gasteiger partial charge in [-0.3, -0.25) is 4.79 Å². The topological polar surface area (TPSA) is 76.0 Å². The van der Waals surface area contributed by atoms with E-state index in [0.717, 1.165) is 17.4 Å². The number of hydrogen-bond donors (Lipinski definition) is 0. The predicted octanol–water partition coefficient (Wildman–Crippen LogP) is 6.45. The second kappa shape index (κ2) is 11.9. The summed E-state index contributed by atoms with van der Waals surface area (Å²) < 4.78 is 16.8. The van der Waals surface area contributed by atoms with Crippen LogP contribution >= 0.6 is 23.2 Å². The number of rotatable bonds is 9. The number of methoxy groups -OCH3 is 2. The number of aromatic nitrogens is 1. The molecule has 4 aromatic rings. The SMILES string of the molecule is COc1ccc([C@H](Cc2c(Cl)c[nH+]cc2Cl)OC(=O)c2cccc(-c3cccc(C=O)c3)c2)cc1OC. The van der Waals surface area contributed by atoms with Crippen LogP contribution in [0.2, 0.25) is 10.0 Å². The fourth-order valence-electron chi connectivity index (χ4n) is 3.95. The third-order valence-corrected chi connectivity index (χ3v) is 6.54. The third kappa shape index (κ3) is 6.10. The minimum absolute atomic E-state index is 0.231. The Bertz CT molecular complexity index is 1420. The van der Waals surface area contributed by atoms with Gasteiger partial charge in [0.2, 0.25) is 0 Å². The number of ether oxygens (including phenoxy) is 3. The highest BCUT2D eigenvalue weighted by atomic mass is 35.5. The van der Waals surface area contributed by atoms with Gasteiger partial charge in [0.25, 0.3) is 0 Å². The molecule has 1 aromatic heterocycles. The lowest BCUT2D eigenvalue weighted by molar-refractivity contribution is -0.377. The van der Waals surface area contributed by atoms with Crippen LogP contribution in [0.4, 0.5) is 0 Å². The molecule has 8 heteroatoms. The van der Waals surface area contributed by atoms with Crippen LogP contribution in [0.1, 0.15) is 37.9 Å². The molecule has 0 aliphatic heterocycles. The number of halogens is 2. The molecule has 1 heterocycles. The second-order valence-corrected chi connectivity index (χ2v) is 8.98. The van der Waals surface area contributed by atoms with Gasteiger partial charge in [-0.15, -0.1) is 0 Å². The van der Waals surface area contributed by atoms with E-state index in [9.17, 15) is 9.59 Å². The maximum atomic E-state index is 13.4. The number of nitrogens with one attached hydrogen (secondary N) is 1. The van der Waals surface area contributed by atoms with Crippen LogP contribution in [-0.4, -0.2) is 26.5 Å². The first-order valence-corrected chi connectivity index (χ1v) is 12.1. The summed E-state index contributed by atoms with van der Waals surface area (Å²) in [4.78, 5) is 27.4. The number of aldehydes is 1. The quantitative estimate of drug-likeness (QED) is 0.181. The van der Waals surface area contributed by atoms with Crippen molar-refractivity contribution in [1.29, 1.82) is 0 Å². The van der Waals surface area contributed by atoms with Crippen molar-refractivity contribution in [2.45, 2.75) is 12.5 Å². The Hall–Kier alpha value is -3.87. The largest absolute Gasteiger partial charge is 0.493 e. The molecule has 0 fully saturated rings. The summed E-state index contributed by atoms with van der Waals surface area (Å²) in [6.45, 7) is 0. The van der Waals surface area contributed by atoms with Crippen molar-refractivity contribution in [2.75, 3.05) is 14.2 Å². The van der Waals surface area contributed by atoms with E-state index >= 15 is 0 Å². The van der Waals surface area contributed by atoms with Crippen LogP contribution in [0.25, 0.3) is 11.1 Å². The fourth-order valence-corrected chi connectivity index (χ4v) is 4.48. The zero-order valence-electron chi connectivity index (χ0n) is 20.2. The number of carbonyl (C=O) groups excluding carboxylic acids is 2. The van der Waals surface area contributed by atoms with Crippen molar-refractivity contribution in [3.8, 4) is 22.6 Å². The summed E-state index contributed by atoms with van der Waals surface area (Å²) in [5.41, 5.74) is 3.82. The van der Waals surface area contributed by atoms with Crippen molar-refractivity contribution in [2.24, 2.45) is 0 Å². The van der Waals surface area contributed by atoms with Crippen molar-refractivity contribution in [3.63, 3.8) is 0 Å². The highest BCUT2D eigenvalue weighted by Gasteiger charge is 2.24. The number of esters is 1. The molecule has 0 bridgehead atoms. The molecule has 37 heavy (non-hydrogen) atoms. The Labute approximate surface area is 224 Å². The molecule has 6 nitrogen and oxygen atoms in total. The Morgan fingerprint density at radius 1 is 0.892 bits per heavy atom. The van der Waals surface area contributed by atoms with Gasteiger partial charge in [0, 0.05) is 17.5 Å². The molecule has 0 aliphatic carbocycles. The van der Waals surface area contributed by atoms with E-state index < -0.39 is 12.1 Å². The number of pyridine rings is 1. The molecule has 0 saturated heterocycles. The van der Waals surface area contributed by atoms with E-state index in [-0.39, 0.29) is 6.42 Å². The average molecular weight is 537 g/mol. The Morgan fingerprint density at radius 3 is 2.24 bits per heavy atom. The van der Waals surface area contributed by atoms with Gasteiger partial charge in [-0.25, -0.2) is 9.78 Å². The van der Waals surface area contributed by atoms with Crippen LogP contribution in [0.3, 0.4) is 0 Å². The normalized spacial score (nSPS) is 11.5. The molecule has 0 spiro atoms. The first-order chi connectivity index (χ1) is 17.9. The van der Waals surface area contributed by atoms with E-state index in [1.807, 2.05) is 12.1 Å². The average Bonchev–Trinajstić information content (AvgIpc) is 2.94. The van der Waals surface area contributed by atoms with Crippen molar-refractivity contribution < 1.29 is 28.8 Å². The highest BCUT2D eigenvalue weighted by Crippen LogP contribution is 2.35. The lowest BCUT2D eigenvalue weighted by Crippen LogP contribution is -2.16. The lowest BCUT2D eigenvalue weighted by atomic mass is 10.00. The van der Waals surface area contributed by atoms with Gasteiger partial charge in [0.05, 0.1) is 19.8 Å². The van der Waals surface area contributed by atoms with E-state index in [4.69, 9.17) is 37.4 Å². The summed E-state index contributed by atoms with van der Waals surface area (Å²) >= 11 is 12.8. The van der Waals surface area contributed by atoms with Crippen molar-refractivity contribution in [1.82, 2.24) is 0 Å². The van der Waals surface area contributed by atoms with Crippen molar-refractivity contribution in [3.05, 3.63) is 111 Å². The fraction of sp³-hybridized carbons (Fsp3) is 0.138. The molecule has 3 aromatic carbocycles. The molecular weight excluding hydrogens is 513 g/mol. The molecule has 188 valence electrons. The summed E-state index contributed by atoms with van der Waals surface area (Å²) in [5, 5.41) is 0.845.